The summed E-state index contributed by atoms with van der Waals surface area (Å²) in [6, 6.07) is 6.03. The standard InChI is InChI=1S/C18H22BrN7O2/c1-28-15-10-13(22-17-18-20-12-21-26(18)11-16(19)23-17)2-3-14(15)25-6-4-24(5-7-25)8-9-27/h2-3,10-12,27H,4-9H2,1H3,(H,22,23). The molecule has 1 aromatic carbocycles. The maximum atomic E-state index is 9.10. The van der Waals surface area contributed by atoms with Gasteiger partial charge in [0.15, 0.2) is 11.5 Å². The van der Waals surface area contributed by atoms with E-state index in [1.807, 2.05) is 12.1 Å². The van der Waals surface area contributed by atoms with Crippen molar-refractivity contribution >= 4 is 38.8 Å². The minimum absolute atomic E-state index is 0.201. The summed E-state index contributed by atoms with van der Waals surface area (Å²) in [5.41, 5.74) is 2.56. The van der Waals surface area contributed by atoms with Gasteiger partial charge in [0.25, 0.3) is 0 Å². The molecule has 1 saturated heterocycles. The zero-order valence-electron chi connectivity index (χ0n) is 15.5. The van der Waals surface area contributed by atoms with Crippen LogP contribution < -0.4 is 15.0 Å². The molecule has 0 saturated carbocycles. The summed E-state index contributed by atoms with van der Waals surface area (Å²) in [4.78, 5) is 13.3. The largest absolute Gasteiger partial charge is 0.495 e. The van der Waals surface area contributed by atoms with Crippen LogP contribution in [0.5, 0.6) is 5.75 Å². The van der Waals surface area contributed by atoms with E-state index in [0.29, 0.717) is 16.1 Å². The number of nitrogens with one attached hydrogen (secondary N) is 1. The molecule has 10 heteroatoms. The molecular formula is C18H22BrN7O2. The first-order valence-corrected chi connectivity index (χ1v) is 9.86. The molecule has 0 spiro atoms. The summed E-state index contributed by atoms with van der Waals surface area (Å²) in [7, 11) is 1.68. The minimum Gasteiger partial charge on any atom is -0.495 e. The van der Waals surface area contributed by atoms with Crippen LogP contribution in [-0.4, -0.2) is 76.0 Å². The number of piperazine rings is 1. The SMILES string of the molecule is COc1cc(Nc2nc(Br)cn3ncnc23)ccc1N1CCN(CCO)CC1. The van der Waals surface area contributed by atoms with Crippen LogP contribution in [0.25, 0.3) is 5.65 Å². The third-order valence-corrected chi connectivity index (χ3v) is 5.19. The fourth-order valence-corrected chi connectivity index (χ4v) is 3.76. The van der Waals surface area contributed by atoms with E-state index in [-0.39, 0.29) is 6.61 Å². The number of halogens is 1. The van der Waals surface area contributed by atoms with Gasteiger partial charge in [-0.05, 0) is 28.1 Å². The van der Waals surface area contributed by atoms with Crippen molar-refractivity contribution < 1.29 is 9.84 Å². The van der Waals surface area contributed by atoms with Gasteiger partial charge in [-0.2, -0.15) is 5.10 Å². The van der Waals surface area contributed by atoms with Crippen LogP contribution in [0.3, 0.4) is 0 Å². The first kappa shape index (κ1) is 18.9. The van der Waals surface area contributed by atoms with Crippen LogP contribution in [0.4, 0.5) is 17.2 Å². The molecule has 0 aliphatic carbocycles. The third-order valence-electron chi connectivity index (χ3n) is 4.80. The Balaban J connectivity index is 1.55. The zero-order chi connectivity index (χ0) is 19.5. The van der Waals surface area contributed by atoms with Crippen LogP contribution in [0.2, 0.25) is 0 Å². The van der Waals surface area contributed by atoms with Crippen molar-refractivity contribution in [1.29, 1.82) is 0 Å². The summed E-state index contributed by atoms with van der Waals surface area (Å²) in [5.74, 6) is 1.41. The summed E-state index contributed by atoms with van der Waals surface area (Å²) in [6.07, 6.45) is 3.25. The average Bonchev–Trinajstić information content (AvgIpc) is 3.17. The van der Waals surface area contributed by atoms with Crippen LogP contribution in [0, 0.1) is 0 Å². The van der Waals surface area contributed by atoms with E-state index in [9.17, 15) is 0 Å². The number of rotatable bonds is 6. The Hall–Kier alpha value is -2.43. The second-order valence-electron chi connectivity index (χ2n) is 6.50. The van der Waals surface area contributed by atoms with Crippen molar-refractivity contribution in [3.63, 3.8) is 0 Å². The Labute approximate surface area is 171 Å². The first-order valence-electron chi connectivity index (χ1n) is 9.07. The van der Waals surface area contributed by atoms with Gasteiger partial charge in [0.1, 0.15) is 16.7 Å². The lowest BCUT2D eigenvalue weighted by molar-refractivity contribution is 0.188. The molecule has 1 fully saturated rings. The predicted molar refractivity (Wildman–Crippen MR) is 110 cm³/mol. The molecule has 1 aliphatic rings. The number of hydrogen-bond acceptors (Lipinski definition) is 8. The molecule has 4 rings (SSSR count). The number of aliphatic hydroxyl groups excluding tert-OH is 1. The molecule has 0 atom stereocenters. The van der Waals surface area contributed by atoms with E-state index < -0.39 is 0 Å². The monoisotopic (exact) mass is 447 g/mol. The molecule has 2 N–H and O–H groups in total. The van der Waals surface area contributed by atoms with Gasteiger partial charge in [0.05, 0.1) is 25.6 Å². The predicted octanol–water partition coefficient (Wildman–Crippen LogP) is 1.75. The van der Waals surface area contributed by atoms with Gasteiger partial charge in [-0.3, -0.25) is 4.90 Å². The van der Waals surface area contributed by atoms with Gasteiger partial charge >= 0.3 is 0 Å². The van der Waals surface area contributed by atoms with Gasteiger partial charge in [-0.15, -0.1) is 0 Å². The highest BCUT2D eigenvalue weighted by atomic mass is 79.9. The van der Waals surface area contributed by atoms with Crippen molar-refractivity contribution in [2.24, 2.45) is 0 Å². The van der Waals surface area contributed by atoms with E-state index in [0.717, 1.165) is 49.8 Å². The molecule has 0 bridgehead atoms. The summed E-state index contributed by atoms with van der Waals surface area (Å²) < 4.78 is 7.98. The molecule has 0 radical (unpaired) electrons. The lowest BCUT2D eigenvalue weighted by Crippen LogP contribution is -2.47. The second-order valence-corrected chi connectivity index (χ2v) is 7.32. The molecule has 0 amide bonds. The lowest BCUT2D eigenvalue weighted by atomic mass is 10.2. The van der Waals surface area contributed by atoms with Crippen LogP contribution in [-0.2, 0) is 0 Å². The molecular weight excluding hydrogens is 426 g/mol. The molecule has 1 aliphatic heterocycles. The van der Waals surface area contributed by atoms with Crippen molar-refractivity contribution in [3.05, 3.63) is 35.3 Å². The van der Waals surface area contributed by atoms with E-state index in [1.165, 1.54) is 6.33 Å². The molecule has 148 valence electrons. The third kappa shape index (κ3) is 3.89. The molecule has 2 aromatic heterocycles. The number of nitrogens with zero attached hydrogens (tertiary/aromatic N) is 6. The zero-order valence-corrected chi connectivity index (χ0v) is 17.1. The van der Waals surface area contributed by atoms with E-state index in [4.69, 9.17) is 9.84 Å². The number of β-amino-alcohol motifs (C(OH)–C–C–N with tert-alkyl or cyclic N) is 1. The first-order chi connectivity index (χ1) is 13.7. The van der Waals surface area contributed by atoms with Gasteiger partial charge in [-0.1, -0.05) is 0 Å². The van der Waals surface area contributed by atoms with Gasteiger partial charge in [-0.25, -0.2) is 14.5 Å². The van der Waals surface area contributed by atoms with Crippen molar-refractivity contribution in [1.82, 2.24) is 24.5 Å². The second kappa shape index (κ2) is 8.29. The molecule has 9 nitrogen and oxygen atoms in total. The van der Waals surface area contributed by atoms with Gasteiger partial charge < -0.3 is 20.1 Å². The molecule has 3 heterocycles. The van der Waals surface area contributed by atoms with Crippen LogP contribution >= 0.6 is 15.9 Å². The summed E-state index contributed by atoms with van der Waals surface area (Å²) in [5, 5.41) is 16.6. The van der Waals surface area contributed by atoms with E-state index >= 15 is 0 Å². The van der Waals surface area contributed by atoms with Crippen LogP contribution in [0.1, 0.15) is 0 Å². The molecule has 3 aromatic rings. The normalized spacial score (nSPS) is 15.2. The highest BCUT2D eigenvalue weighted by molar-refractivity contribution is 9.10. The van der Waals surface area contributed by atoms with E-state index in [1.54, 1.807) is 17.8 Å². The summed E-state index contributed by atoms with van der Waals surface area (Å²) in [6.45, 7) is 4.58. The quantitative estimate of drug-likeness (QED) is 0.590. The van der Waals surface area contributed by atoms with Gasteiger partial charge in [0.2, 0.25) is 0 Å². The van der Waals surface area contributed by atoms with Crippen molar-refractivity contribution in [2.45, 2.75) is 0 Å². The summed E-state index contributed by atoms with van der Waals surface area (Å²) >= 11 is 3.40. The number of methoxy groups -OCH3 is 1. The molecule has 28 heavy (non-hydrogen) atoms. The fraction of sp³-hybridized carbons (Fsp3) is 0.389. The highest BCUT2D eigenvalue weighted by Gasteiger charge is 2.20. The highest BCUT2D eigenvalue weighted by Crippen LogP contribution is 2.33. The number of ether oxygens (including phenoxy) is 1. The number of aliphatic hydroxyl groups is 1. The number of benzene rings is 1. The number of hydrogen-bond donors (Lipinski definition) is 2. The number of anilines is 3. The smallest absolute Gasteiger partial charge is 0.198 e. The Bertz CT molecular complexity index is 956. The topological polar surface area (TPSA) is 91.0 Å². The Kier molecular flexibility index (Phi) is 5.60. The minimum atomic E-state index is 0.201. The number of aromatic nitrogens is 4. The van der Waals surface area contributed by atoms with Gasteiger partial charge in [0, 0.05) is 44.5 Å². The lowest BCUT2D eigenvalue weighted by Gasteiger charge is -2.36. The van der Waals surface area contributed by atoms with E-state index in [2.05, 4.69) is 52.2 Å². The molecule has 0 unspecified atom stereocenters. The average molecular weight is 448 g/mol. The maximum Gasteiger partial charge on any atom is 0.198 e. The maximum absolute atomic E-state index is 9.10. The Morgan fingerprint density at radius 3 is 2.82 bits per heavy atom. The van der Waals surface area contributed by atoms with Crippen molar-refractivity contribution in [2.75, 3.05) is 56.7 Å². The fourth-order valence-electron chi connectivity index (χ4n) is 3.39. The Morgan fingerprint density at radius 2 is 2.07 bits per heavy atom. The number of fused-ring (bicyclic) bond motifs is 1. The Morgan fingerprint density at radius 1 is 1.25 bits per heavy atom. The van der Waals surface area contributed by atoms with Crippen molar-refractivity contribution in [3.8, 4) is 5.75 Å². The van der Waals surface area contributed by atoms with Crippen LogP contribution in [0.15, 0.2) is 35.3 Å².